The number of likely N-dealkylation sites (tertiary alicyclic amines) is 2. The fraction of sp³-hybridized carbons (Fsp3) is 0.520. The summed E-state index contributed by atoms with van der Waals surface area (Å²) in [7, 11) is 0. The lowest BCUT2D eigenvalue weighted by molar-refractivity contribution is -0.136. The van der Waals surface area contributed by atoms with Gasteiger partial charge in [-0.15, -0.1) is 0 Å². The van der Waals surface area contributed by atoms with Crippen LogP contribution >= 0.6 is 0 Å². The van der Waals surface area contributed by atoms with E-state index in [9.17, 15) is 9.59 Å². The van der Waals surface area contributed by atoms with Crippen LogP contribution in [0.25, 0.3) is 10.8 Å². The third-order valence-corrected chi connectivity index (χ3v) is 6.56. The fourth-order valence-corrected chi connectivity index (χ4v) is 4.82. The van der Waals surface area contributed by atoms with E-state index >= 15 is 0 Å². The Morgan fingerprint density at radius 1 is 1.03 bits per heavy atom. The van der Waals surface area contributed by atoms with Gasteiger partial charge in [-0.05, 0) is 54.6 Å². The Kier molecular flexibility index (Phi) is 6.38. The molecule has 30 heavy (non-hydrogen) atoms. The maximum absolute atomic E-state index is 13.2. The van der Waals surface area contributed by atoms with Gasteiger partial charge in [-0.3, -0.25) is 14.5 Å². The molecule has 5 heteroatoms. The van der Waals surface area contributed by atoms with Crippen LogP contribution in [-0.2, 0) is 16.0 Å². The van der Waals surface area contributed by atoms with Crippen LogP contribution in [0, 0.1) is 5.92 Å². The van der Waals surface area contributed by atoms with E-state index in [0.29, 0.717) is 6.04 Å². The minimum atomic E-state index is -0.463. The molecule has 2 atom stereocenters. The van der Waals surface area contributed by atoms with Crippen molar-refractivity contribution < 1.29 is 9.59 Å². The molecule has 2 saturated heterocycles. The molecule has 2 aliphatic heterocycles. The highest BCUT2D eigenvalue weighted by Gasteiger charge is 2.35. The number of rotatable bonds is 6. The Balaban J connectivity index is 1.37. The van der Waals surface area contributed by atoms with E-state index in [2.05, 4.69) is 28.4 Å². The van der Waals surface area contributed by atoms with Crippen molar-refractivity contribution in [1.82, 2.24) is 15.1 Å². The van der Waals surface area contributed by atoms with Crippen LogP contribution in [0.1, 0.15) is 38.7 Å². The second kappa shape index (κ2) is 9.17. The van der Waals surface area contributed by atoms with Crippen LogP contribution < -0.4 is 5.32 Å². The number of nitrogens with zero attached hydrogens (tertiary/aromatic N) is 2. The van der Waals surface area contributed by atoms with Crippen molar-refractivity contribution in [3.05, 3.63) is 48.0 Å². The molecule has 0 aliphatic carbocycles. The van der Waals surface area contributed by atoms with Crippen molar-refractivity contribution in [3.63, 3.8) is 0 Å². The molecule has 5 nitrogen and oxygen atoms in total. The van der Waals surface area contributed by atoms with Crippen molar-refractivity contribution in [2.45, 2.75) is 51.6 Å². The molecule has 0 bridgehead atoms. The molecule has 2 aliphatic rings. The Hall–Kier alpha value is -2.40. The van der Waals surface area contributed by atoms with Crippen LogP contribution in [0.15, 0.2) is 42.5 Å². The number of carbonyl (C=O) groups is 2. The molecular formula is C25H33N3O2. The third kappa shape index (κ3) is 4.67. The molecule has 0 spiro atoms. The first-order valence-corrected chi connectivity index (χ1v) is 11.3. The largest absolute Gasteiger partial charge is 0.344 e. The van der Waals surface area contributed by atoms with Gasteiger partial charge in [0.1, 0.15) is 6.04 Å². The molecular weight excluding hydrogens is 374 g/mol. The normalized spacial score (nSPS) is 20.8. The first kappa shape index (κ1) is 20.9. The Morgan fingerprint density at radius 2 is 1.77 bits per heavy atom. The molecule has 2 unspecified atom stereocenters. The van der Waals surface area contributed by atoms with Crippen LogP contribution in [0.4, 0.5) is 0 Å². The van der Waals surface area contributed by atoms with Crippen LogP contribution in [0.2, 0.25) is 0 Å². The molecule has 160 valence electrons. The van der Waals surface area contributed by atoms with Gasteiger partial charge in [0.15, 0.2) is 0 Å². The minimum absolute atomic E-state index is 0.0592. The van der Waals surface area contributed by atoms with E-state index in [0.717, 1.165) is 43.5 Å². The van der Waals surface area contributed by atoms with Crippen molar-refractivity contribution >= 4 is 22.6 Å². The zero-order chi connectivity index (χ0) is 21.1. The molecule has 4 rings (SSSR count). The third-order valence-electron chi connectivity index (χ3n) is 6.56. The van der Waals surface area contributed by atoms with E-state index in [1.54, 1.807) is 0 Å². The van der Waals surface area contributed by atoms with Gasteiger partial charge < -0.3 is 10.2 Å². The van der Waals surface area contributed by atoms with Gasteiger partial charge in [0.25, 0.3) is 0 Å². The Bertz CT molecular complexity index is 904. The van der Waals surface area contributed by atoms with Crippen molar-refractivity contribution in [1.29, 1.82) is 0 Å². The maximum atomic E-state index is 13.2. The standard InChI is InChI=1S/C25H33N3O2/c1-18(2)24(25(30)28-14-11-22(17-28)27-12-5-6-13-27)26-23(29)16-19-9-10-20-7-3-4-8-21(20)15-19/h3-4,7-10,15,18,22,24H,5-6,11-14,16-17H2,1-2H3,(H,26,29). The lowest BCUT2D eigenvalue weighted by Gasteiger charge is -2.28. The molecule has 1 N–H and O–H groups in total. The summed E-state index contributed by atoms with van der Waals surface area (Å²) in [4.78, 5) is 30.5. The SMILES string of the molecule is CC(C)C(NC(=O)Cc1ccc2ccccc2c1)C(=O)N1CCC(N2CCCC2)C1. The van der Waals surface area contributed by atoms with E-state index in [4.69, 9.17) is 0 Å². The Morgan fingerprint density at radius 3 is 2.50 bits per heavy atom. The Labute approximate surface area is 179 Å². The summed E-state index contributed by atoms with van der Waals surface area (Å²) in [6.07, 6.45) is 3.87. The first-order chi connectivity index (χ1) is 14.5. The molecule has 2 amide bonds. The molecule has 2 heterocycles. The molecule has 2 aromatic rings. The number of carbonyl (C=O) groups excluding carboxylic acids is 2. The smallest absolute Gasteiger partial charge is 0.245 e. The van der Waals surface area contributed by atoms with Gasteiger partial charge >= 0.3 is 0 Å². The summed E-state index contributed by atoms with van der Waals surface area (Å²) in [5.41, 5.74) is 0.969. The van der Waals surface area contributed by atoms with Crippen molar-refractivity contribution in [2.75, 3.05) is 26.2 Å². The molecule has 0 radical (unpaired) electrons. The van der Waals surface area contributed by atoms with Crippen LogP contribution in [0.5, 0.6) is 0 Å². The summed E-state index contributed by atoms with van der Waals surface area (Å²) in [5.74, 6) is 0.0371. The van der Waals surface area contributed by atoms with Gasteiger partial charge in [0, 0.05) is 19.1 Å². The molecule has 2 fully saturated rings. The minimum Gasteiger partial charge on any atom is -0.344 e. The highest BCUT2D eigenvalue weighted by molar-refractivity contribution is 5.90. The van der Waals surface area contributed by atoms with E-state index in [-0.39, 0.29) is 24.2 Å². The predicted molar refractivity (Wildman–Crippen MR) is 120 cm³/mol. The zero-order valence-corrected chi connectivity index (χ0v) is 18.1. The van der Waals surface area contributed by atoms with E-state index in [1.807, 2.05) is 43.0 Å². The molecule has 2 aromatic carbocycles. The van der Waals surface area contributed by atoms with Crippen LogP contribution in [-0.4, -0.2) is 59.9 Å². The topological polar surface area (TPSA) is 52.7 Å². The summed E-state index contributed by atoms with van der Waals surface area (Å²) in [6, 6.07) is 14.3. The number of hydrogen-bond donors (Lipinski definition) is 1. The van der Waals surface area contributed by atoms with Crippen LogP contribution in [0.3, 0.4) is 0 Å². The predicted octanol–water partition coefficient (Wildman–Crippen LogP) is 3.22. The first-order valence-electron chi connectivity index (χ1n) is 11.3. The van der Waals surface area contributed by atoms with Gasteiger partial charge in [0.2, 0.25) is 11.8 Å². The summed E-state index contributed by atoms with van der Waals surface area (Å²) in [6.45, 7) is 7.91. The highest BCUT2D eigenvalue weighted by Crippen LogP contribution is 2.22. The van der Waals surface area contributed by atoms with E-state index in [1.165, 1.54) is 18.2 Å². The molecule has 0 aromatic heterocycles. The summed E-state index contributed by atoms with van der Waals surface area (Å²) in [5, 5.41) is 5.32. The van der Waals surface area contributed by atoms with Gasteiger partial charge in [0.05, 0.1) is 6.42 Å². The number of fused-ring (bicyclic) bond motifs is 1. The summed E-state index contributed by atoms with van der Waals surface area (Å²) < 4.78 is 0. The van der Waals surface area contributed by atoms with Gasteiger partial charge in [-0.25, -0.2) is 0 Å². The number of hydrogen-bond acceptors (Lipinski definition) is 3. The van der Waals surface area contributed by atoms with E-state index < -0.39 is 6.04 Å². The maximum Gasteiger partial charge on any atom is 0.245 e. The quantitative estimate of drug-likeness (QED) is 0.800. The lowest BCUT2D eigenvalue weighted by Crippen LogP contribution is -2.51. The second-order valence-corrected chi connectivity index (χ2v) is 9.12. The fourth-order valence-electron chi connectivity index (χ4n) is 4.82. The second-order valence-electron chi connectivity index (χ2n) is 9.12. The zero-order valence-electron chi connectivity index (χ0n) is 18.1. The highest BCUT2D eigenvalue weighted by atomic mass is 16.2. The number of nitrogens with one attached hydrogen (secondary N) is 1. The van der Waals surface area contributed by atoms with Gasteiger partial charge in [-0.2, -0.15) is 0 Å². The number of amides is 2. The average molecular weight is 408 g/mol. The number of benzene rings is 2. The monoisotopic (exact) mass is 407 g/mol. The lowest BCUT2D eigenvalue weighted by atomic mass is 10.0. The van der Waals surface area contributed by atoms with Crippen molar-refractivity contribution in [2.24, 2.45) is 5.92 Å². The summed E-state index contributed by atoms with van der Waals surface area (Å²) >= 11 is 0. The molecule has 0 saturated carbocycles. The van der Waals surface area contributed by atoms with Gasteiger partial charge in [-0.1, -0.05) is 56.3 Å². The van der Waals surface area contributed by atoms with Crippen molar-refractivity contribution in [3.8, 4) is 0 Å². The average Bonchev–Trinajstić information content (AvgIpc) is 3.43.